The van der Waals surface area contributed by atoms with Crippen molar-refractivity contribution in [3.63, 3.8) is 0 Å². The summed E-state index contributed by atoms with van der Waals surface area (Å²) in [5.74, 6) is -0.527. The number of hydrogen-bond acceptors (Lipinski definition) is 6. The smallest absolute Gasteiger partial charge is 0.320 e. The summed E-state index contributed by atoms with van der Waals surface area (Å²) in [6, 6.07) is 4.22. The highest BCUT2D eigenvalue weighted by atomic mass is 32.2. The molecule has 8 nitrogen and oxygen atoms in total. The van der Waals surface area contributed by atoms with Gasteiger partial charge in [0.1, 0.15) is 11.9 Å². The first kappa shape index (κ1) is 23.8. The Morgan fingerprint density at radius 1 is 1.00 bits per heavy atom. The first-order valence-electron chi connectivity index (χ1n) is 11.8. The van der Waals surface area contributed by atoms with Crippen LogP contribution in [0.2, 0.25) is 0 Å². The molecule has 0 radical (unpaired) electrons. The van der Waals surface area contributed by atoms with Crippen LogP contribution >= 0.6 is 0 Å². The van der Waals surface area contributed by atoms with Crippen LogP contribution in [0.5, 0.6) is 0 Å². The maximum absolute atomic E-state index is 14.5. The van der Waals surface area contributed by atoms with E-state index in [9.17, 15) is 17.6 Å². The highest BCUT2D eigenvalue weighted by molar-refractivity contribution is 7.90. The molecule has 1 aromatic carbocycles. The van der Waals surface area contributed by atoms with Gasteiger partial charge in [-0.2, -0.15) is 0 Å². The number of hydrogen-bond donors (Lipinski definition) is 0. The Morgan fingerprint density at radius 2 is 1.64 bits per heavy atom. The number of carbonyl (C=O) groups is 1. The molecule has 4 rings (SSSR count). The molecule has 1 aromatic rings. The normalized spacial score (nSPS) is 20.7. The molecule has 182 valence electrons. The second-order valence-corrected chi connectivity index (χ2v) is 11.2. The molecule has 3 aliphatic rings. The molecule has 3 fully saturated rings. The molecule has 3 heterocycles. The molecule has 3 aliphatic heterocycles. The largest absolute Gasteiger partial charge is 0.392 e. The van der Waals surface area contributed by atoms with Crippen LogP contribution in [0.3, 0.4) is 0 Å². The van der Waals surface area contributed by atoms with Gasteiger partial charge in [0.15, 0.2) is 9.84 Å². The van der Waals surface area contributed by atoms with Crippen molar-refractivity contribution in [1.82, 2.24) is 9.80 Å². The lowest BCUT2D eigenvalue weighted by Crippen LogP contribution is -2.49. The number of amides is 2. The highest BCUT2D eigenvalue weighted by Gasteiger charge is 2.28. The number of benzene rings is 1. The topological polar surface area (TPSA) is 82.5 Å². The van der Waals surface area contributed by atoms with E-state index in [0.29, 0.717) is 44.7 Å². The predicted molar refractivity (Wildman–Crippen MR) is 125 cm³/mol. The fraction of sp³-hybridized carbons (Fsp3) is 0.652. The van der Waals surface area contributed by atoms with Gasteiger partial charge >= 0.3 is 6.03 Å². The minimum absolute atomic E-state index is 0.0138. The molecule has 0 N–H and O–H groups in total. The summed E-state index contributed by atoms with van der Waals surface area (Å²) >= 11 is 0. The number of nitrogens with zero attached hydrogens (tertiary/aromatic N) is 4. The third-order valence-electron chi connectivity index (χ3n) is 6.70. The average molecular weight is 481 g/mol. The number of rotatable bonds is 4. The van der Waals surface area contributed by atoms with Crippen LogP contribution in [-0.4, -0.2) is 81.6 Å². The number of anilines is 1. The molecule has 0 bridgehead atoms. The number of sulfone groups is 1. The number of oxime groups is 1. The van der Waals surface area contributed by atoms with Crippen LogP contribution in [-0.2, 0) is 14.7 Å². The maximum atomic E-state index is 14.5. The van der Waals surface area contributed by atoms with E-state index in [4.69, 9.17) is 4.84 Å². The average Bonchev–Trinajstić information content (AvgIpc) is 2.83. The molecule has 33 heavy (non-hydrogen) atoms. The Kier molecular flexibility index (Phi) is 7.41. The Labute approximate surface area is 195 Å². The standard InChI is InChI=1S/C23H33FN4O4S/c1-33(30,31)20-5-6-22(21(24)17-20)26-13-7-18(8-14-26)25-32-19-9-15-28(16-10-19)23(29)27-11-3-2-4-12-27/h5-6,17,19H,2-4,7-16H2,1H3. The van der Waals surface area contributed by atoms with Crippen molar-refractivity contribution in [2.24, 2.45) is 5.16 Å². The molecule has 2 amide bonds. The molecule has 0 aromatic heterocycles. The van der Waals surface area contributed by atoms with Crippen LogP contribution in [0.1, 0.15) is 44.9 Å². The third-order valence-corrected chi connectivity index (χ3v) is 7.81. The maximum Gasteiger partial charge on any atom is 0.320 e. The summed E-state index contributed by atoms with van der Waals surface area (Å²) < 4.78 is 37.7. The Morgan fingerprint density at radius 3 is 2.24 bits per heavy atom. The third kappa shape index (κ3) is 5.96. The van der Waals surface area contributed by atoms with E-state index < -0.39 is 15.7 Å². The van der Waals surface area contributed by atoms with E-state index >= 15 is 0 Å². The Balaban J connectivity index is 1.23. The van der Waals surface area contributed by atoms with Gasteiger partial charge in [-0.1, -0.05) is 5.16 Å². The summed E-state index contributed by atoms with van der Waals surface area (Å²) in [5, 5.41) is 4.37. The van der Waals surface area contributed by atoms with E-state index in [0.717, 1.165) is 56.8 Å². The van der Waals surface area contributed by atoms with Gasteiger partial charge in [0.25, 0.3) is 0 Å². The highest BCUT2D eigenvalue weighted by Crippen LogP contribution is 2.25. The van der Waals surface area contributed by atoms with Gasteiger partial charge in [-0.05, 0) is 37.5 Å². The van der Waals surface area contributed by atoms with Gasteiger partial charge in [-0.25, -0.2) is 17.6 Å². The Hall–Kier alpha value is -2.36. The minimum Gasteiger partial charge on any atom is -0.392 e. The van der Waals surface area contributed by atoms with Crippen LogP contribution in [0.4, 0.5) is 14.9 Å². The van der Waals surface area contributed by atoms with E-state index in [1.165, 1.54) is 18.6 Å². The quantitative estimate of drug-likeness (QED) is 0.618. The minimum atomic E-state index is -3.43. The zero-order valence-electron chi connectivity index (χ0n) is 19.2. The number of halogens is 1. The number of carbonyl (C=O) groups excluding carboxylic acids is 1. The van der Waals surface area contributed by atoms with Crippen molar-refractivity contribution in [1.29, 1.82) is 0 Å². The lowest BCUT2D eigenvalue weighted by Gasteiger charge is -2.36. The van der Waals surface area contributed by atoms with Gasteiger partial charge in [0, 0.05) is 71.2 Å². The second kappa shape index (κ2) is 10.3. The lowest BCUT2D eigenvalue weighted by molar-refractivity contribution is 0.0138. The molecule has 0 aliphatic carbocycles. The van der Waals surface area contributed by atoms with Crippen LogP contribution in [0.25, 0.3) is 0 Å². The van der Waals surface area contributed by atoms with Crippen LogP contribution in [0, 0.1) is 5.82 Å². The van der Waals surface area contributed by atoms with E-state index in [1.54, 1.807) is 0 Å². The lowest BCUT2D eigenvalue weighted by atomic mass is 10.1. The fourth-order valence-corrected chi connectivity index (χ4v) is 5.29. The van der Waals surface area contributed by atoms with Gasteiger partial charge < -0.3 is 19.5 Å². The first-order valence-corrected chi connectivity index (χ1v) is 13.7. The molecular weight excluding hydrogens is 447 g/mol. The monoisotopic (exact) mass is 480 g/mol. The van der Waals surface area contributed by atoms with Crippen LogP contribution < -0.4 is 4.90 Å². The van der Waals surface area contributed by atoms with Crippen molar-refractivity contribution in [2.75, 3.05) is 50.4 Å². The zero-order chi connectivity index (χ0) is 23.4. The number of piperidine rings is 3. The summed E-state index contributed by atoms with van der Waals surface area (Å²) in [4.78, 5) is 24.2. The molecule has 0 spiro atoms. The van der Waals surface area contributed by atoms with Crippen molar-refractivity contribution < 1.29 is 22.4 Å². The van der Waals surface area contributed by atoms with E-state index in [1.807, 2.05) is 14.7 Å². The summed E-state index contributed by atoms with van der Waals surface area (Å²) in [6.45, 7) is 4.32. The second-order valence-electron chi connectivity index (χ2n) is 9.15. The number of urea groups is 1. The molecule has 0 saturated carbocycles. The molecule has 0 unspecified atom stereocenters. The van der Waals surface area contributed by atoms with Crippen molar-refractivity contribution in [3.8, 4) is 0 Å². The molecule has 0 atom stereocenters. The summed E-state index contributed by atoms with van der Waals surface area (Å²) in [6.07, 6.45) is 7.38. The van der Waals surface area contributed by atoms with Crippen molar-refractivity contribution in [2.45, 2.75) is 55.9 Å². The molecular formula is C23H33FN4O4S. The predicted octanol–water partition coefficient (Wildman–Crippen LogP) is 3.27. The number of likely N-dealkylation sites (tertiary alicyclic amines) is 2. The molecule has 3 saturated heterocycles. The Bertz CT molecular complexity index is 976. The zero-order valence-corrected chi connectivity index (χ0v) is 20.0. The summed E-state index contributed by atoms with van der Waals surface area (Å²) in [5.41, 5.74) is 1.36. The molecule has 10 heteroatoms. The van der Waals surface area contributed by atoms with Crippen LogP contribution in [0.15, 0.2) is 28.3 Å². The van der Waals surface area contributed by atoms with Gasteiger partial charge in [-0.3, -0.25) is 0 Å². The fourth-order valence-electron chi connectivity index (χ4n) is 4.66. The van der Waals surface area contributed by atoms with Gasteiger partial charge in [0.2, 0.25) is 0 Å². The summed E-state index contributed by atoms with van der Waals surface area (Å²) in [7, 11) is -3.43. The van der Waals surface area contributed by atoms with Crippen molar-refractivity contribution >= 4 is 27.3 Å². The first-order chi connectivity index (χ1) is 15.8. The van der Waals surface area contributed by atoms with Gasteiger partial charge in [-0.15, -0.1) is 0 Å². The van der Waals surface area contributed by atoms with Gasteiger partial charge in [0.05, 0.1) is 16.3 Å². The van der Waals surface area contributed by atoms with E-state index in [-0.39, 0.29) is 17.0 Å². The SMILES string of the molecule is CS(=O)(=O)c1ccc(N2CCC(=NOC3CCN(C(=O)N4CCCCC4)CC3)CC2)c(F)c1. The van der Waals surface area contributed by atoms with Crippen molar-refractivity contribution in [3.05, 3.63) is 24.0 Å². The van der Waals surface area contributed by atoms with E-state index in [2.05, 4.69) is 5.16 Å².